The number of benzene rings is 1. The first-order chi connectivity index (χ1) is 9.69. The summed E-state index contributed by atoms with van der Waals surface area (Å²) in [4.78, 5) is 0. The van der Waals surface area contributed by atoms with Crippen LogP contribution in [0.15, 0.2) is 24.3 Å². The summed E-state index contributed by atoms with van der Waals surface area (Å²) in [5.41, 5.74) is 1.09. The van der Waals surface area contributed by atoms with Gasteiger partial charge in [0.05, 0.1) is 12.2 Å². The van der Waals surface area contributed by atoms with Crippen LogP contribution < -0.4 is 0 Å². The molecule has 0 radical (unpaired) electrons. The van der Waals surface area contributed by atoms with Gasteiger partial charge in [0.15, 0.2) is 0 Å². The van der Waals surface area contributed by atoms with Gasteiger partial charge in [-0.25, -0.2) is 0 Å². The zero-order valence-corrected chi connectivity index (χ0v) is 14.5. The third-order valence-electron chi connectivity index (χ3n) is 4.45. The van der Waals surface area contributed by atoms with E-state index < -0.39 is 0 Å². The standard InChI is InChI=1S/C17H24BrClO/c1-2-5-14-8-10-17(13-18,11-9-14)20-12-15-6-3-4-7-16(15)19/h3-4,6-7,14H,2,5,8-13H2,1H3. The lowest BCUT2D eigenvalue weighted by molar-refractivity contribution is -0.0705. The number of hydrogen-bond acceptors (Lipinski definition) is 1. The maximum absolute atomic E-state index is 6.28. The van der Waals surface area contributed by atoms with Gasteiger partial charge in [0.2, 0.25) is 0 Å². The molecule has 3 heteroatoms. The molecule has 1 nitrogen and oxygen atoms in total. The van der Waals surface area contributed by atoms with E-state index in [9.17, 15) is 0 Å². The molecule has 0 bridgehead atoms. The van der Waals surface area contributed by atoms with E-state index in [0.29, 0.717) is 6.61 Å². The van der Waals surface area contributed by atoms with Gasteiger partial charge >= 0.3 is 0 Å². The monoisotopic (exact) mass is 358 g/mol. The lowest BCUT2D eigenvalue weighted by Crippen LogP contribution is -2.38. The minimum absolute atomic E-state index is 0.00338. The highest BCUT2D eigenvalue weighted by molar-refractivity contribution is 9.09. The molecular formula is C17H24BrClO. The SMILES string of the molecule is CCCC1CCC(CBr)(OCc2ccccc2Cl)CC1. The molecule has 0 atom stereocenters. The highest BCUT2D eigenvalue weighted by Crippen LogP contribution is 2.38. The minimum Gasteiger partial charge on any atom is -0.369 e. The number of alkyl halides is 1. The third-order valence-corrected chi connectivity index (χ3v) is 5.84. The van der Waals surface area contributed by atoms with Gasteiger partial charge in [-0.1, -0.05) is 65.5 Å². The van der Waals surface area contributed by atoms with Crippen molar-refractivity contribution >= 4 is 27.5 Å². The fraction of sp³-hybridized carbons (Fsp3) is 0.647. The van der Waals surface area contributed by atoms with Crippen LogP contribution in [-0.4, -0.2) is 10.9 Å². The second-order valence-corrected chi connectivity index (χ2v) is 6.90. The van der Waals surface area contributed by atoms with Crippen LogP contribution in [0.3, 0.4) is 0 Å². The Bertz CT molecular complexity index is 413. The van der Waals surface area contributed by atoms with E-state index in [-0.39, 0.29) is 5.60 Å². The lowest BCUT2D eigenvalue weighted by atomic mass is 9.78. The molecule has 0 saturated heterocycles. The van der Waals surface area contributed by atoms with Gasteiger partial charge in [-0.3, -0.25) is 0 Å². The Balaban J connectivity index is 1.91. The van der Waals surface area contributed by atoms with E-state index >= 15 is 0 Å². The molecule has 2 rings (SSSR count). The quantitative estimate of drug-likeness (QED) is 0.568. The number of ether oxygens (including phenoxy) is 1. The zero-order valence-electron chi connectivity index (χ0n) is 12.2. The number of halogens is 2. The normalized spacial score (nSPS) is 26.6. The Morgan fingerprint density at radius 1 is 1.30 bits per heavy atom. The summed E-state index contributed by atoms with van der Waals surface area (Å²) < 4.78 is 6.28. The van der Waals surface area contributed by atoms with Crippen molar-refractivity contribution in [3.63, 3.8) is 0 Å². The molecule has 1 aromatic rings. The number of rotatable bonds is 6. The van der Waals surface area contributed by atoms with Crippen LogP contribution in [0.5, 0.6) is 0 Å². The molecule has 0 aromatic heterocycles. The fourth-order valence-electron chi connectivity index (χ4n) is 3.06. The predicted octanol–water partition coefficient (Wildman–Crippen LogP) is 5.98. The largest absolute Gasteiger partial charge is 0.369 e. The van der Waals surface area contributed by atoms with Crippen molar-refractivity contribution in [1.82, 2.24) is 0 Å². The van der Waals surface area contributed by atoms with Crippen LogP contribution in [0.1, 0.15) is 51.0 Å². The van der Waals surface area contributed by atoms with Crippen LogP contribution in [-0.2, 0) is 11.3 Å². The average molecular weight is 360 g/mol. The molecule has 1 aliphatic rings. The highest BCUT2D eigenvalue weighted by Gasteiger charge is 2.35. The molecule has 1 aliphatic carbocycles. The molecule has 0 unspecified atom stereocenters. The first-order valence-electron chi connectivity index (χ1n) is 7.62. The summed E-state index contributed by atoms with van der Waals surface area (Å²) in [5, 5.41) is 1.72. The number of hydrogen-bond donors (Lipinski definition) is 0. The lowest BCUT2D eigenvalue weighted by Gasteiger charge is -2.39. The molecule has 20 heavy (non-hydrogen) atoms. The van der Waals surface area contributed by atoms with E-state index in [0.717, 1.165) is 34.7 Å². The van der Waals surface area contributed by atoms with Crippen LogP contribution in [0.2, 0.25) is 5.02 Å². The summed E-state index contributed by atoms with van der Waals surface area (Å²) in [7, 11) is 0. The topological polar surface area (TPSA) is 9.23 Å². The average Bonchev–Trinajstić information content (AvgIpc) is 2.49. The second kappa shape index (κ2) is 7.82. The van der Waals surface area contributed by atoms with Gasteiger partial charge in [0.25, 0.3) is 0 Å². The van der Waals surface area contributed by atoms with Crippen molar-refractivity contribution in [1.29, 1.82) is 0 Å². The van der Waals surface area contributed by atoms with Crippen LogP contribution in [0.25, 0.3) is 0 Å². The Hall–Kier alpha value is -0.0500. The van der Waals surface area contributed by atoms with Crippen molar-refractivity contribution in [2.24, 2.45) is 5.92 Å². The van der Waals surface area contributed by atoms with Crippen molar-refractivity contribution in [3.8, 4) is 0 Å². The second-order valence-electron chi connectivity index (χ2n) is 5.93. The Morgan fingerprint density at radius 3 is 2.60 bits per heavy atom. The third kappa shape index (κ3) is 4.22. The first kappa shape index (κ1) is 16.3. The molecule has 0 heterocycles. The summed E-state index contributed by atoms with van der Waals surface area (Å²) in [6.45, 7) is 2.89. The molecule has 1 aromatic carbocycles. The molecular weight excluding hydrogens is 336 g/mol. The van der Waals surface area contributed by atoms with Crippen LogP contribution >= 0.6 is 27.5 Å². The molecule has 0 aliphatic heterocycles. The Kier molecular flexibility index (Phi) is 6.38. The van der Waals surface area contributed by atoms with Gasteiger partial charge in [-0.15, -0.1) is 0 Å². The minimum atomic E-state index is 0.00338. The van der Waals surface area contributed by atoms with Crippen LogP contribution in [0, 0.1) is 5.92 Å². The van der Waals surface area contributed by atoms with Crippen LogP contribution in [0.4, 0.5) is 0 Å². The summed E-state index contributed by atoms with van der Waals surface area (Å²) >= 11 is 9.86. The van der Waals surface area contributed by atoms with Gasteiger partial charge in [0, 0.05) is 10.4 Å². The van der Waals surface area contributed by atoms with Crippen molar-refractivity contribution in [2.45, 2.75) is 57.7 Å². The molecule has 0 amide bonds. The fourth-order valence-corrected chi connectivity index (χ4v) is 3.98. The first-order valence-corrected chi connectivity index (χ1v) is 9.12. The van der Waals surface area contributed by atoms with E-state index in [2.05, 4.69) is 22.9 Å². The smallest absolute Gasteiger partial charge is 0.0783 e. The molecule has 1 saturated carbocycles. The molecule has 1 fully saturated rings. The maximum Gasteiger partial charge on any atom is 0.0783 e. The molecule has 0 N–H and O–H groups in total. The van der Waals surface area contributed by atoms with Crippen molar-refractivity contribution in [3.05, 3.63) is 34.9 Å². The highest BCUT2D eigenvalue weighted by atomic mass is 79.9. The Morgan fingerprint density at radius 2 is 2.00 bits per heavy atom. The maximum atomic E-state index is 6.28. The summed E-state index contributed by atoms with van der Waals surface area (Å²) in [6.07, 6.45) is 7.57. The molecule has 112 valence electrons. The van der Waals surface area contributed by atoms with Gasteiger partial charge < -0.3 is 4.74 Å². The van der Waals surface area contributed by atoms with Gasteiger partial charge in [-0.05, 0) is 43.2 Å². The summed E-state index contributed by atoms with van der Waals surface area (Å²) in [6, 6.07) is 7.96. The zero-order chi connectivity index (χ0) is 14.4. The van der Waals surface area contributed by atoms with Gasteiger partial charge in [0.1, 0.15) is 0 Å². The summed E-state index contributed by atoms with van der Waals surface area (Å²) in [5.74, 6) is 0.899. The van der Waals surface area contributed by atoms with E-state index in [1.807, 2.05) is 24.3 Å². The predicted molar refractivity (Wildman–Crippen MR) is 89.6 cm³/mol. The molecule has 0 spiro atoms. The Labute approximate surface area is 136 Å². The van der Waals surface area contributed by atoms with E-state index in [1.165, 1.54) is 25.7 Å². The van der Waals surface area contributed by atoms with E-state index in [1.54, 1.807) is 0 Å². The van der Waals surface area contributed by atoms with Crippen molar-refractivity contribution < 1.29 is 4.74 Å². The van der Waals surface area contributed by atoms with E-state index in [4.69, 9.17) is 16.3 Å². The van der Waals surface area contributed by atoms with Gasteiger partial charge in [-0.2, -0.15) is 0 Å². The van der Waals surface area contributed by atoms with Crippen molar-refractivity contribution in [2.75, 3.05) is 5.33 Å².